The molecule has 0 radical (unpaired) electrons. The number of nitrogens with zero attached hydrogens (tertiary/aromatic N) is 1. The quantitative estimate of drug-likeness (QED) is 0.910. The number of carbonyl (C=O) groups excluding carboxylic acids is 2. The summed E-state index contributed by atoms with van der Waals surface area (Å²) >= 11 is 0. The third-order valence-electron chi connectivity index (χ3n) is 4.29. The van der Waals surface area contributed by atoms with Gasteiger partial charge >= 0.3 is 0 Å². The molecule has 0 atom stereocenters. The van der Waals surface area contributed by atoms with Crippen LogP contribution in [0.4, 0.5) is 11.4 Å². The van der Waals surface area contributed by atoms with Crippen LogP contribution < -0.4 is 15.0 Å². The van der Waals surface area contributed by atoms with Crippen molar-refractivity contribution in [2.75, 3.05) is 23.9 Å². The molecule has 25 heavy (non-hydrogen) atoms. The zero-order valence-electron chi connectivity index (χ0n) is 14.9. The van der Waals surface area contributed by atoms with Gasteiger partial charge in [-0.25, -0.2) is 0 Å². The van der Waals surface area contributed by atoms with E-state index in [0.717, 1.165) is 11.3 Å². The average Bonchev–Trinajstić information content (AvgIpc) is 2.57. The first-order valence-corrected chi connectivity index (χ1v) is 8.21. The number of nitrogens with one attached hydrogen (secondary N) is 1. The summed E-state index contributed by atoms with van der Waals surface area (Å²) in [6.45, 7) is 6.34. The van der Waals surface area contributed by atoms with Crippen LogP contribution in [0.5, 0.6) is 5.75 Å². The average molecular weight is 338 g/mol. The maximum absolute atomic E-state index is 12.7. The molecule has 1 aliphatic heterocycles. The predicted molar refractivity (Wildman–Crippen MR) is 98.4 cm³/mol. The second-order valence-electron chi connectivity index (χ2n) is 7.17. The zero-order valence-corrected chi connectivity index (χ0v) is 14.9. The van der Waals surface area contributed by atoms with Gasteiger partial charge in [0.2, 0.25) is 0 Å². The number of likely N-dealkylation sites (N-methyl/N-ethyl adjacent to an activating group) is 1. The Morgan fingerprint density at radius 2 is 1.88 bits per heavy atom. The first-order valence-electron chi connectivity index (χ1n) is 8.21. The summed E-state index contributed by atoms with van der Waals surface area (Å²) in [6.07, 6.45) is 0. The second-order valence-corrected chi connectivity index (χ2v) is 7.17. The first kappa shape index (κ1) is 17.0. The topological polar surface area (TPSA) is 58.6 Å². The van der Waals surface area contributed by atoms with Gasteiger partial charge in [0, 0.05) is 18.3 Å². The molecule has 1 N–H and O–H groups in total. The van der Waals surface area contributed by atoms with E-state index in [2.05, 4.69) is 26.1 Å². The highest BCUT2D eigenvalue weighted by molar-refractivity contribution is 6.07. The summed E-state index contributed by atoms with van der Waals surface area (Å²) in [5, 5.41) is 2.98. The fourth-order valence-corrected chi connectivity index (χ4v) is 2.85. The highest BCUT2D eigenvalue weighted by Gasteiger charge is 2.24. The lowest BCUT2D eigenvalue weighted by molar-refractivity contribution is -0.120. The molecule has 2 aromatic carbocycles. The molecule has 0 fully saturated rings. The van der Waals surface area contributed by atoms with E-state index in [-0.39, 0.29) is 23.8 Å². The molecule has 0 spiro atoms. The fraction of sp³-hybridized carbons (Fsp3) is 0.300. The number of hydrogen-bond acceptors (Lipinski definition) is 3. The van der Waals surface area contributed by atoms with Gasteiger partial charge in [0.1, 0.15) is 5.75 Å². The molecule has 5 heteroatoms. The van der Waals surface area contributed by atoms with Gasteiger partial charge in [0.25, 0.3) is 11.8 Å². The van der Waals surface area contributed by atoms with Crippen molar-refractivity contribution < 1.29 is 14.3 Å². The van der Waals surface area contributed by atoms with Gasteiger partial charge < -0.3 is 15.0 Å². The predicted octanol–water partition coefficient (Wildman–Crippen LogP) is 3.59. The summed E-state index contributed by atoms with van der Waals surface area (Å²) in [6, 6.07) is 12.9. The van der Waals surface area contributed by atoms with Crippen LogP contribution in [0.25, 0.3) is 0 Å². The Kier molecular flexibility index (Phi) is 4.25. The molecular weight excluding hydrogens is 316 g/mol. The highest BCUT2D eigenvalue weighted by Crippen LogP contribution is 2.33. The molecule has 0 saturated carbocycles. The number of para-hydroxylation sites is 1. The Hall–Kier alpha value is -2.82. The maximum Gasteiger partial charge on any atom is 0.264 e. The Balaban J connectivity index is 1.90. The third kappa shape index (κ3) is 3.36. The van der Waals surface area contributed by atoms with Crippen LogP contribution in [0.3, 0.4) is 0 Å². The Labute approximate surface area is 147 Å². The SMILES string of the molecule is CN1C(=O)COc2ccc(C(=O)Nc3ccccc3C(C)(C)C)cc21. The van der Waals surface area contributed by atoms with E-state index in [1.807, 2.05) is 24.3 Å². The molecule has 5 nitrogen and oxygen atoms in total. The van der Waals surface area contributed by atoms with E-state index in [1.165, 1.54) is 4.90 Å². The van der Waals surface area contributed by atoms with Gasteiger partial charge in [-0.05, 0) is 35.2 Å². The van der Waals surface area contributed by atoms with Crippen molar-refractivity contribution in [1.82, 2.24) is 0 Å². The number of hydrogen-bond donors (Lipinski definition) is 1. The van der Waals surface area contributed by atoms with Crippen molar-refractivity contribution in [3.05, 3.63) is 53.6 Å². The van der Waals surface area contributed by atoms with Crippen molar-refractivity contribution in [1.29, 1.82) is 0 Å². The molecule has 2 amide bonds. The number of carbonyl (C=O) groups is 2. The summed E-state index contributed by atoms with van der Waals surface area (Å²) in [7, 11) is 1.68. The first-order chi connectivity index (χ1) is 11.8. The van der Waals surface area contributed by atoms with Crippen LogP contribution in [-0.4, -0.2) is 25.5 Å². The van der Waals surface area contributed by atoms with Crippen LogP contribution in [0, 0.1) is 0 Å². The van der Waals surface area contributed by atoms with Crippen molar-refractivity contribution in [2.45, 2.75) is 26.2 Å². The van der Waals surface area contributed by atoms with Crippen molar-refractivity contribution in [3.63, 3.8) is 0 Å². The van der Waals surface area contributed by atoms with Crippen molar-refractivity contribution >= 4 is 23.2 Å². The Morgan fingerprint density at radius 1 is 1.16 bits per heavy atom. The molecule has 2 aromatic rings. The molecule has 130 valence electrons. The molecule has 0 bridgehead atoms. The van der Waals surface area contributed by atoms with E-state index in [1.54, 1.807) is 25.2 Å². The summed E-state index contributed by atoms with van der Waals surface area (Å²) in [5.74, 6) is 0.253. The summed E-state index contributed by atoms with van der Waals surface area (Å²) in [5.41, 5.74) is 2.86. The van der Waals surface area contributed by atoms with Crippen LogP contribution >= 0.6 is 0 Å². The number of amides is 2. The zero-order chi connectivity index (χ0) is 18.2. The fourth-order valence-electron chi connectivity index (χ4n) is 2.85. The molecule has 1 heterocycles. The van der Waals surface area contributed by atoms with Crippen LogP contribution in [-0.2, 0) is 10.2 Å². The number of fused-ring (bicyclic) bond motifs is 1. The lowest BCUT2D eigenvalue weighted by Gasteiger charge is -2.26. The van der Waals surface area contributed by atoms with Crippen LogP contribution in [0.15, 0.2) is 42.5 Å². The lowest BCUT2D eigenvalue weighted by atomic mass is 9.86. The van der Waals surface area contributed by atoms with Gasteiger partial charge in [-0.3, -0.25) is 9.59 Å². The Bertz CT molecular complexity index is 837. The molecular formula is C20H22N2O3. The van der Waals surface area contributed by atoms with Crippen LogP contribution in [0.2, 0.25) is 0 Å². The molecule has 0 unspecified atom stereocenters. The molecule has 0 aromatic heterocycles. The standard InChI is InChI=1S/C20H22N2O3/c1-20(2,3)14-7-5-6-8-15(14)21-19(24)13-9-10-17-16(11-13)22(4)18(23)12-25-17/h5-11H,12H2,1-4H3,(H,21,24). The minimum absolute atomic E-state index is 0.0218. The van der Waals surface area contributed by atoms with Gasteiger partial charge in [-0.15, -0.1) is 0 Å². The highest BCUT2D eigenvalue weighted by atomic mass is 16.5. The third-order valence-corrected chi connectivity index (χ3v) is 4.29. The van der Waals surface area contributed by atoms with E-state index in [4.69, 9.17) is 4.74 Å². The minimum Gasteiger partial charge on any atom is -0.482 e. The van der Waals surface area contributed by atoms with Crippen LogP contribution in [0.1, 0.15) is 36.7 Å². The van der Waals surface area contributed by atoms with Gasteiger partial charge in [-0.1, -0.05) is 39.0 Å². The monoisotopic (exact) mass is 338 g/mol. The largest absolute Gasteiger partial charge is 0.482 e. The lowest BCUT2D eigenvalue weighted by Crippen LogP contribution is -2.35. The number of anilines is 2. The normalized spacial score (nSPS) is 13.9. The maximum atomic E-state index is 12.7. The molecule has 1 aliphatic rings. The minimum atomic E-state index is -0.217. The van der Waals surface area contributed by atoms with E-state index < -0.39 is 0 Å². The number of ether oxygens (including phenoxy) is 1. The smallest absolute Gasteiger partial charge is 0.264 e. The second kappa shape index (κ2) is 6.24. The molecule has 3 rings (SSSR count). The molecule has 0 saturated heterocycles. The molecule has 0 aliphatic carbocycles. The van der Waals surface area contributed by atoms with E-state index in [0.29, 0.717) is 17.0 Å². The summed E-state index contributed by atoms with van der Waals surface area (Å²) in [4.78, 5) is 26.0. The van der Waals surface area contributed by atoms with Gasteiger partial charge in [0.15, 0.2) is 6.61 Å². The number of rotatable bonds is 2. The van der Waals surface area contributed by atoms with E-state index in [9.17, 15) is 9.59 Å². The number of benzene rings is 2. The van der Waals surface area contributed by atoms with Crippen molar-refractivity contribution in [2.24, 2.45) is 0 Å². The van der Waals surface area contributed by atoms with E-state index >= 15 is 0 Å². The summed E-state index contributed by atoms with van der Waals surface area (Å²) < 4.78 is 5.40. The Morgan fingerprint density at radius 3 is 2.60 bits per heavy atom. The van der Waals surface area contributed by atoms with Gasteiger partial charge in [0.05, 0.1) is 5.69 Å². The van der Waals surface area contributed by atoms with Gasteiger partial charge in [-0.2, -0.15) is 0 Å². The van der Waals surface area contributed by atoms with Crippen molar-refractivity contribution in [3.8, 4) is 5.75 Å².